The minimum Gasteiger partial charge on any atom is -0.504 e. The fourth-order valence-corrected chi connectivity index (χ4v) is 1.96. The van der Waals surface area contributed by atoms with E-state index in [4.69, 9.17) is 4.74 Å². The molecular formula is C16H15NO6. The summed E-state index contributed by atoms with van der Waals surface area (Å²) in [4.78, 5) is 21.7. The van der Waals surface area contributed by atoms with Crippen molar-refractivity contribution in [3.63, 3.8) is 0 Å². The van der Waals surface area contributed by atoms with E-state index < -0.39 is 10.9 Å². The predicted molar refractivity (Wildman–Crippen MR) is 81.2 cm³/mol. The van der Waals surface area contributed by atoms with Crippen molar-refractivity contribution >= 4 is 11.7 Å². The summed E-state index contributed by atoms with van der Waals surface area (Å²) < 4.78 is 5.08. The van der Waals surface area contributed by atoms with Crippen LogP contribution in [0.4, 0.5) is 5.69 Å². The average molecular weight is 317 g/mol. The Kier molecular flexibility index (Phi) is 5.14. The van der Waals surface area contributed by atoms with Crippen molar-refractivity contribution in [3.05, 3.63) is 63.7 Å². The zero-order valence-corrected chi connectivity index (χ0v) is 12.1. The number of nitro benzene ring substituents is 1. The summed E-state index contributed by atoms with van der Waals surface area (Å²) in [6.45, 7) is 0.153. The van der Waals surface area contributed by atoms with Crippen molar-refractivity contribution in [3.8, 4) is 11.5 Å². The number of aromatic hydroxyl groups is 2. The van der Waals surface area contributed by atoms with Gasteiger partial charge in [0.2, 0.25) is 0 Å². The van der Waals surface area contributed by atoms with E-state index in [0.29, 0.717) is 12.0 Å². The van der Waals surface area contributed by atoms with Crippen LogP contribution in [0.2, 0.25) is 0 Å². The number of esters is 1. The molecule has 0 aliphatic carbocycles. The lowest BCUT2D eigenvalue weighted by atomic mass is 10.1. The van der Waals surface area contributed by atoms with E-state index in [1.165, 1.54) is 30.3 Å². The van der Waals surface area contributed by atoms with Gasteiger partial charge in [0.1, 0.15) is 0 Å². The molecule has 2 aromatic carbocycles. The highest BCUT2D eigenvalue weighted by molar-refractivity contribution is 5.72. The minimum atomic E-state index is -0.475. The summed E-state index contributed by atoms with van der Waals surface area (Å²) in [6.07, 6.45) is 0.429. The van der Waals surface area contributed by atoms with Crippen LogP contribution in [0.25, 0.3) is 0 Å². The van der Waals surface area contributed by atoms with Gasteiger partial charge in [-0.2, -0.15) is 0 Å². The van der Waals surface area contributed by atoms with Gasteiger partial charge in [-0.1, -0.05) is 18.2 Å². The molecule has 2 N–H and O–H groups in total. The van der Waals surface area contributed by atoms with Crippen LogP contribution in [0, 0.1) is 10.1 Å². The molecule has 0 saturated heterocycles. The van der Waals surface area contributed by atoms with Crippen molar-refractivity contribution in [2.24, 2.45) is 0 Å². The van der Waals surface area contributed by atoms with E-state index in [2.05, 4.69) is 0 Å². The summed E-state index contributed by atoms with van der Waals surface area (Å²) in [5, 5.41) is 29.1. The predicted octanol–water partition coefficient (Wildman–Crippen LogP) is 2.33. The molecular weight excluding hydrogens is 302 g/mol. The third kappa shape index (κ3) is 4.70. The average Bonchev–Trinajstić information content (AvgIpc) is 2.51. The number of nitro groups is 1. The maximum Gasteiger partial charge on any atom is 0.310 e. The Bertz CT molecular complexity index is 711. The standard InChI is InChI=1S/C16H15NO6/c18-14-6-3-12(9-15(14)19)10-16(20)23-8-7-11-1-4-13(5-2-11)17(21)22/h1-6,9,18-19H,7-8,10H2. The highest BCUT2D eigenvalue weighted by atomic mass is 16.6. The normalized spacial score (nSPS) is 10.3. The second-order valence-corrected chi connectivity index (χ2v) is 4.89. The smallest absolute Gasteiger partial charge is 0.310 e. The van der Waals surface area contributed by atoms with Crippen LogP contribution in [0.1, 0.15) is 11.1 Å². The first-order valence-electron chi connectivity index (χ1n) is 6.85. The SMILES string of the molecule is O=C(Cc1ccc(O)c(O)c1)OCCc1ccc([N+](=O)[O-])cc1. The van der Waals surface area contributed by atoms with Gasteiger partial charge in [-0.3, -0.25) is 14.9 Å². The second kappa shape index (κ2) is 7.26. The molecule has 0 aromatic heterocycles. The van der Waals surface area contributed by atoms with Crippen molar-refractivity contribution in [1.82, 2.24) is 0 Å². The molecule has 0 aliphatic heterocycles. The maximum absolute atomic E-state index is 11.7. The summed E-state index contributed by atoms with van der Waals surface area (Å²) in [5.41, 5.74) is 1.36. The lowest BCUT2D eigenvalue weighted by Gasteiger charge is -2.06. The highest BCUT2D eigenvalue weighted by Crippen LogP contribution is 2.25. The largest absolute Gasteiger partial charge is 0.504 e. The summed E-state index contributed by atoms with van der Waals surface area (Å²) in [6, 6.07) is 10.1. The van der Waals surface area contributed by atoms with Crippen molar-refractivity contribution in [2.75, 3.05) is 6.61 Å². The van der Waals surface area contributed by atoms with Gasteiger partial charge < -0.3 is 14.9 Å². The molecule has 0 radical (unpaired) electrons. The summed E-state index contributed by atoms with van der Waals surface area (Å²) in [7, 11) is 0. The molecule has 120 valence electrons. The number of carbonyl (C=O) groups excluding carboxylic acids is 1. The summed E-state index contributed by atoms with van der Waals surface area (Å²) >= 11 is 0. The van der Waals surface area contributed by atoms with Gasteiger partial charge in [-0.15, -0.1) is 0 Å². The maximum atomic E-state index is 11.7. The van der Waals surface area contributed by atoms with E-state index in [1.807, 2.05) is 0 Å². The van der Waals surface area contributed by atoms with Gasteiger partial charge in [-0.25, -0.2) is 0 Å². The third-order valence-electron chi connectivity index (χ3n) is 3.19. The molecule has 0 fully saturated rings. The van der Waals surface area contributed by atoms with Crippen LogP contribution >= 0.6 is 0 Å². The molecule has 0 saturated carbocycles. The van der Waals surface area contributed by atoms with Crippen LogP contribution in [-0.4, -0.2) is 27.7 Å². The summed E-state index contributed by atoms with van der Waals surface area (Å²) in [5.74, 6) is -1.00. The third-order valence-corrected chi connectivity index (χ3v) is 3.19. The first-order chi connectivity index (χ1) is 11.0. The molecule has 2 rings (SSSR count). The molecule has 0 bridgehead atoms. The molecule has 2 aromatic rings. The number of phenols is 2. The lowest BCUT2D eigenvalue weighted by Crippen LogP contribution is -2.10. The number of hydrogen-bond acceptors (Lipinski definition) is 6. The Morgan fingerprint density at radius 2 is 1.70 bits per heavy atom. The Balaban J connectivity index is 1.80. The van der Waals surface area contributed by atoms with Crippen LogP contribution in [0.5, 0.6) is 11.5 Å². The molecule has 0 atom stereocenters. The number of phenolic OH excluding ortho intramolecular Hbond substituents is 2. The quantitative estimate of drug-likeness (QED) is 0.366. The molecule has 7 nitrogen and oxygen atoms in total. The molecule has 0 unspecified atom stereocenters. The minimum absolute atomic E-state index is 0.0119. The monoisotopic (exact) mass is 317 g/mol. The topological polar surface area (TPSA) is 110 Å². The fourth-order valence-electron chi connectivity index (χ4n) is 1.96. The first kappa shape index (κ1) is 16.3. The number of non-ortho nitro benzene ring substituents is 1. The Labute approximate surface area is 131 Å². The van der Waals surface area contributed by atoms with Gasteiger partial charge in [0.15, 0.2) is 11.5 Å². The zero-order chi connectivity index (χ0) is 16.8. The zero-order valence-electron chi connectivity index (χ0n) is 12.1. The van der Waals surface area contributed by atoms with E-state index in [-0.39, 0.29) is 30.2 Å². The molecule has 0 amide bonds. The highest BCUT2D eigenvalue weighted by Gasteiger charge is 2.08. The molecule has 0 spiro atoms. The van der Waals surface area contributed by atoms with E-state index in [9.17, 15) is 25.1 Å². The van der Waals surface area contributed by atoms with Crippen molar-refractivity contribution in [1.29, 1.82) is 0 Å². The van der Waals surface area contributed by atoms with E-state index in [1.54, 1.807) is 12.1 Å². The van der Waals surface area contributed by atoms with Gasteiger partial charge in [0.25, 0.3) is 5.69 Å². The fraction of sp³-hybridized carbons (Fsp3) is 0.188. The Morgan fingerprint density at radius 3 is 2.30 bits per heavy atom. The number of rotatable bonds is 6. The van der Waals surface area contributed by atoms with Crippen LogP contribution in [0.3, 0.4) is 0 Å². The van der Waals surface area contributed by atoms with Crippen LogP contribution in [0.15, 0.2) is 42.5 Å². The number of ether oxygens (including phenoxy) is 1. The Hall–Kier alpha value is -3.09. The molecule has 0 heterocycles. The lowest BCUT2D eigenvalue weighted by molar-refractivity contribution is -0.384. The first-order valence-corrected chi connectivity index (χ1v) is 6.85. The van der Waals surface area contributed by atoms with Gasteiger partial charge >= 0.3 is 5.97 Å². The van der Waals surface area contributed by atoms with Gasteiger partial charge in [-0.05, 0) is 23.3 Å². The molecule has 23 heavy (non-hydrogen) atoms. The number of nitrogens with zero attached hydrogens (tertiary/aromatic N) is 1. The van der Waals surface area contributed by atoms with E-state index in [0.717, 1.165) is 5.56 Å². The Morgan fingerprint density at radius 1 is 1.04 bits per heavy atom. The van der Waals surface area contributed by atoms with Crippen LogP contribution in [-0.2, 0) is 22.4 Å². The molecule has 7 heteroatoms. The van der Waals surface area contributed by atoms with Gasteiger partial charge in [0, 0.05) is 18.6 Å². The van der Waals surface area contributed by atoms with Crippen molar-refractivity contribution in [2.45, 2.75) is 12.8 Å². The number of hydrogen-bond donors (Lipinski definition) is 2. The van der Waals surface area contributed by atoms with Crippen LogP contribution < -0.4 is 0 Å². The van der Waals surface area contributed by atoms with Gasteiger partial charge in [0.05, 0.1) is 18.0 Å². The second-order valence-electron chi connectivity index (χ2n) is 4.89. The molecule has 0 aliphatic rings. The van der Waals surface area contributed by atoms with E-state index >= 15 is 0 Å². The van der Waals surface area contributed by atoms with Crippen molar-refractivity contribution < 1.29 is 24.7 Å². The number of benzene rings is 2. The number of carbonyl (C=O) groups is 1.